The van der Waals surface area contributed by atoms with Crippen molar-refractivity contribution in [1.29, 1.82) is 0 Å². The van der Waals surface area contributed by atoms with Crippen molar-refractivity contribution < 1.29 is 9.90 Å². The van der Waals surface area contributed by atoms with E-state index in [0.717, 1.165) is 5.69 Å². The van der Waals surface area contributed by atoms with Crippen molar-refractivity contribution in [3.63, 3.8) is 0 Å². The maximum Gasteiger partial charge on any atom is 0.229 e. The Morgan fingerprint density at radius 1 is 1.33 bits per heavy atom. The van der Waals surface area contributed by atoms with Crippen LogP contribution in [-0.2, 0) is 4.79 Å². The molecule has 0 aromatic heterocycles. The van der Waals surface area contributed by atoms with Gasteiger partial charge in [0.25, 0.3) is 0 Å². The first kappa shape index (κ1) is 10.5. The number of nitrogens with zero attached hydrogens (tertiary/aromatic N) is 1. The van der Waals surface area contributed by atoms with E-state index in [9.17, 15) is 9.90 Å². The summed E-state index contributed by atoms with van der Waals surface area (Å²) in [7, 11) is 0. The van der Waals surface area contributed by atoms with Gasteiger partial charge in [-0.2, -0.15) is 0 Å². The van der Waals surface area contributed by atoms with Gasteiger partial charge in [-0.15, -0.1) is 0 Å². The highest BCUT2D eigenvalue weighted by atomic mass is 35.5. The minimum atomic E-state index is -0.485. The summed E-state index contributed by atoms with van der Waals surface area (Å²) in [6.07, 6.45) is 0.359. The third-order valence-corrected chi connectivity index (χ3v) is 2.79. The van der Waals surface area contributed by atoms with E-state index in [1.54, 1.807) is 17.0 Å². The van der Waals surface area contributed by atoms with Crippen molar-refractivity contribution in [3.05, 3.63) is 29.3 Å². The zero-order valence-corrected chi connectivity index (χ0v) is 8.94. The first-order valence-corrected chi connectivity index (χ1v) is 5.28. The Morgan fingerprint density at radius 3 is 2.60 bits per heavy atom. The van der Waals surface area contributed by atoms with Gasteiger partial charge in [-0.05, 0) is 30.7 Å². The van der Waals surface area contributed by atoms with Gasteiger partial charge in [0.1, 0.15) is 0 Å². The van der Waals surface area contributed by atoms with Crippen molar-refractivity contribution >= 4 is 23.2 Å². The van der Waals surface area contributed by atoms with Crippen molar-refractivity contribution in [2.24, 2.45) is 0 Å². The van der Waals surface area contributed by atoms with Crippen LogP contribution < -0.4 is 4.90 Å². The summed E-state index contributed by atoms with van der Waals surface area (Å²) in [6, 6.07) is 7.15. The normalized spacial score (nSPS) is 21.9. The van der Waals surface area contributed by atoms with E-state index in [1.165, 1.54) is 0 Å². The van der Waals surface area contributed by atoms with Crippen LogP contribution in [0.15, 0.2) is 24.3 Å². The predicted molar refractivity (Wildman–Crippen MR) is 59.0 cm³/mol. The number of aliphatic hydroxyl groups excluding tert-OH is 1. The number of piperidine rings is 1. The van der Waals surface area contributed by atoms with Crippen molar-refractivity contribution in [2.45, 2.75) is 18.9 Å². The van der Waals surface area contributed by atoms with Crippen LogP contribution in [0.5, 0.6) is 0 Å². The predicted octanol–water partition coefficient (Wildman–Crippen LogP) is 1.83. The molecule has 0 spiro atoms. The van der Waals surface area contributed by atoms with Gasteiger partial charge >= 0.3 is 0 Å². The number of rotatable bonds is 1. The van der Waals surface area contributed by atoms with E-state index in [2.05, 4.69) is 0 Å². The van der Waals surface area contributed by atoms with Crippen LogP contribution in [0, 0.1) is 0 Å². The summed E-state index contributed by atoms with van der Waals surface area (Å²) in [5.74, 6) is -0.0314. The molecule has 0 aliphatic carbocycles. The number of hydrogen-bond acceptors (Lipinski definition) is 2. The van der Waals surface area contributed by atoms with E-state index in [1.807, 2.05) is 12.1 Å². The topological polar surface area (TPSA) is 40.5 Å². The fraction of sp³-hybridized carbons (Fsp3) is 0.364. The average molecular weight is 226 g/mol. The number of carbonyl (C=O) groups is 1. The number of hydrogen-bond donors (Lipinski definition) is 1. The number of benzene rings is 1. The standard InChI is InChI=1S/C11H12ClNO2/c12-8-1-3-9(4-2-8)13-6-5-10(14)7-11(13)15/h1-4,10,14H,5-7H2. The number of aliphatic hydroxyl groups is 1. The second-order valence-corrected chi connectivity index (χ2v) is 4.10. The van der Waals surface area contributed by atoms with Crippen LogP contribution in [0.2, 0.25) is 5.02 Å². The summed E-state index contributed by atoms with van der Waals surface area (Å²) in [4.78, 5) is 13.3. The Hall–Kier alpha value is -1.06. The molecule has 1 aliphatic rings. The monoisotopic (exact) mass is 225 g/mol. The zero-order valence-electron chi connectivity index (χ0n) is 8.19. The molecule has 1 atom stereocenters. The molecule has 4 heteroatoms. The van der Waals surface area contributed by atoms with E-state index < -0.39 is 6.10 Å². The van der Waals surface area contributed by atoms with E-state index >= 15 is 0 Å². The first-order chi connectivity index (χ1) is 7.16. The molecule has 1 aromatic carbocycles. The lowest BCUT2D eigenvalue weighted by Gasteiger charge is -2.29. The zero-order chi connectivity index (χ0) is 10.8. The summed E-state index contributed by atoms with van der Waals surface area (Å²) >= 11 is 5.77. The maximum atomic E-state index is 11.6. The molecule has 0 bridgehead atoms. The highest BCUT2D eigenvalue weighted by molar-refractivity contribution is 6.30. The molecule has 0 radical (unpaired) electrons. The van der Waals surface area contributed by atoms with Crippen molar-refractivity contribution in [1.82, 2.24) is 0 Å². The highest BCUT2D eigenvalue weighted by Gasteiger charge is 2.24. The quantitative estimate of drug-likeness (QED) is 0.792. The molecule has 2 rings (SSSR count). The van der Waals surface area contributed by atoms with Crippen LogP contribution >= 0.6 is 11.6 Å². The van der Waals surface area contributed by atoms with Gasteiger partial charge in [0.15, 0.2) is 0 Å². The van der Waals surface area contributed by atoms with Gasteiger partial charge in [0.05, 0.1) is 12.5 Å². The average Bonchev–Trinajstić information content (AvgIpc) is 2.20. The number of anilines is 1. The summed E-state index contributed by atoms with van der Waals surface area (Å²) < 4.78 is 0. The molecule has 15 heavy (non-hydrogen) atoms. The Labute approximate surface area is 93.3 Å². The molecule has 3 nitrogen and oxygen atoms in total. The van der Waals surface area contributed by atoms with Crippen molar-refractivity contribution in [2.75, 3.05) is 11.4 Å². The highest BCUT2D eigenvalue weighted by Crippen LogP contribution is 2.22. The second kappa shape index (κ2) is 4.21. The molecule has 1 unspecified atom stereocenters. The molecule has 1 N–H and O–H groups in total. The first-order valence-electron chi connectivity index (χ1n) is 4.91. The number of halogens is 1. The van der Waals surface area contributed by atoms with Gasteiger partial charge in [0.2, 0.25) is 5.91 Å². The number of carbonyl (C=O) groups excluding carboxylic acids is 1. The molecule has 1 saturated heterocycles. The summed E-state index contributed by atoms with van der Waals surface area (Å²) in [5.41, 5.74) is 0.844. The van der Waals surface area contributed by atoms with Crippen LogP contribution in [0.1, 0.15) is 12.8 Å². The van der Waals surface area contributed by atoms with E-state index in [4.69, 9.17) is 11.6 Å². The lowest BCUT2D eigenvalue weighted by Crippen LogP contribution is -2.40. The second-order valence-electron chi connectivity index (χ2n) is 3.67. The Morgan fingerprint density at radius 2 is 2.00 bits per heavy atom. The lowest BCUT2D eigenvalue weighted by molar-refractivity contribution is -0.122. The van der Waals surface area contributed by atoms with Crippen LogP contribution in [0.3, 0.4) is 0 Å². The maximum absolute atomic E-state index is 11.6. The molecular weight excluding hydrogens is 214 g/mol. The Bertz CT molecular complexity index is 363. The molecule has 1 aromatic rings. The van der Waals surface area contributed by atoms with Crippen LogP contribution in [-0.4, -0.2) is 23.7 Å². The molecule has 1 aliphatic heterocycles. The third-order valence-electron chi connectivity index (χ3n) is 2.54. The fourth-order valence-corrected chi connectivity index (χ4v) is 1.84. The van der Waals surface area contributed by atoms with Crippen LogP contribution in [0.25, 0.3) is 0 Å². The minimum Gasteiger partial charge on any atom is -0.393 e. The Balaban J connectivity index is 2.17. The Kier molecular flexibility index (Phi) is 2.93. The van der Waals surface area contributed by atoms with E-state index in [0.29, 0.717) is 18.0 Å². The fourth-order valence-electron chi connectivity index (χ4n) is 1.71. The van der Waals surface area contributed by atoms with Gasteiger partial charge in [-0.1, -0.05) is 11.6 Å². The van der Waals surface area contributed by atoms with E-state index in [-0.39, 0.29) is 12.3 Å². The van der Waals surface area contributed by atoms with Gasteiger partial charge in [0, 0.05) is 17.3 Å². The summed E-state index contributed by atoms with van der Waals surface area (Å²) in [5, 5.41) is 9.98. The minimum absolute atomic E-state index is 0.0314. The summed E-state index contributed by atoms with van der Waals surface area (Å²) in [6.45, 7) is 0.571. The largest absolute Gasteiger partial charge is 0.393 e. The molecule has 0 saturated carbocycles. The SMILES string of the molecule is O=C1CC(O)CCN1c1ccc(Cl)cc1. The molecule has 1 heterocycles. The lowest BCUT2D eigenvalue weighted by atomic mass is 10.1. The van der Waals surface area contributed by atoms with Gasteiger partial charge in [-0.3, -0.25) is 4.79 Å². The number of amides is 1. The van der Waals surface area contributed by atoms with Crippen LogP contribution in [0.4, 0.5) is 5.69 Å². The molecule has 1 amide bonds. The van der Waals surface area contributed by atoms with Gasteiger partial charge < -0.3 is 10.0 Å². The third kappa shape index (κ3) is 2.30. The molecule has 1 fully saturated rings. The molecule has 80 valence electrons. The van der Waals surface area contributed by atoms with Gasteiger partial charge in [-0.25, -0.2) is 0 Å². The molecular formula is C11H12ClNO2. The van der Waals surface area contributed by atoms with Crippen molar-refractivity contribution in [3.8, 4) is 0 Å². The smallest absolute Gasteiger partial charge is 0.229 e.